The highest BCUT2D eigenvalue weighted by Gasteiger charge is 2.24. The van der Waals surface area contributed by atoms with Crippen LogP contribution in [0.15, 0.2) is 0 Å². The minimum atomic E-state index is 0.877. The van der Waals surface area contributed by atoms with Gasteiger partial charge in [0.15, 0.2) is 0 Å². The van der Waals surface area contributed by atoms with Crippen molar-refractivity contribution in [2.24, 2.45) is 0 Å². The maximum absolute atomic E-state index is 3.44. The molecule has 2 fully saturated rings. The van der Waals surface area contributed by atoms with Crippen LogP contribution in [0.1, 0.15) is 19.3 Å². The Morgan fingerprint density at radius 3 is 2.60 bits per heavy atom. The van der Waals surface area contributed by atoms with Crippen molar-refractivity contribution in [2.75, 3.05) is 26.2 Å². The van der Waals surface area contributed by atoms with Gasteiger partial charge in [-0.15, -0.1) is 0 Å². The number of nitrogens with one attached hydrogen (secondary N) is 1. The summed E-state index contributed by atoms with van der Waals surface area (Å²) < 4.78 is 0. The summed E-state index contributed by atoms with van der Waals surface area (Å²) in [4.78, 5) is 2.60. The first-order valence-electron chi connectivity index (χ1n) is 4.41. The molecule has 58 valence electrons. The molecule has 2 nitrogen and oxygen atoms in total. The lowest BCUT2D eigenvalue weighted by Gasteiger charge is -2.40. The van der Waals surface area contributed by atoms with E-state index in [1.807, 2.05) is 0 Å². The summed E-state index contributed by atoms with van der Waals surface area (Å²) in [5.74, 6) is 0. The van der Waals surface area contributed by atoms with E-state index >= 15 is 0 Å². The number of nitrogens with zero attached hydrogens (tertiary/aromatic N) is 1. The van der Waals surface area contributed by atoms with Gasteiger partial charge in [-0.25, -0.2) is 0 Å². The van der Waals surface area contributed by atoms with Crippen LogP contribution >= 0.6 is 0 Å². The minimum Gasteiger partial charge on any atom is -0.315 e. The molecule has 2 saturated heterocycles. The third-order valence-corrected chi connectivity index (χ3v) is 2.68. The van der Waals surface area contributed by atoms with Crippen LogP contribution < -0.4 is 5.32 Å². The Kier molecular flexibility index (Phi) is 1.91. The molecule has 2 aliphatic heterocycles. The Morgan fingerprint density at radius 2 is 2.10 bits per heavy atom. The molecule has 0 aliphatic carbocycles. The van der Waals surface area contributed by atoms with Gasteiger partial charge in [0, 0.05) is 12.6 Å². The molecule has 0 unspecified atom stereocenters. The van der Waals surface area contributed by atoms with Crippen molar-refractivity contribution >= 4 is 0 Å². The van der Waals surface area contributed by atoms with E-state index in [9.17, 15) is 0 Å². The largest absolute Gasteiger partial charge is 0.315 e. The number of piperidine rings is 1. The standard InChI is InChI=1S/C8H16N2/c1-3-8(7-9-4-1)10-5-2-6-10/h8-9H,1-7H2/t8-/m0/s1. The quantitative estimate of drug-likeness (QED) is 0.568. The van der Waals surface area contributed by atoms with Crippen molar-refractivity contribution < 1.29 is 0 Å². The van der Waals surface area contributed by atoms with Crippen LogP contribution in [-0.2, 0) is 0 Å². The van der Waals surface area contributed by atoms with Crippen molar-refractivity contribution in [3.8, 4) is 0 Å². The highest BCUT2D eigenvalue weighted by molar-refractivity contribution is 4.82. The van der Waals surface area contributed by atoms with Crippen molar-refractivity contribution in [3.63, 3.8) is 0 Å². The third kappa shape index (κ3) is 1.18. The van der Waals surface area contributed by atoms with Gasteiger partial charge in [-0.3, -0.25) is 4.90 Å². The van der Waals surface area contributed by atoms with E-state index in [2.05, 4.69) is 10.2 Å². The van der Waals surface area contributed by atoms with Crippen LogP contribution in [0.5, 0.6) is 0 Å². The van der Waals surface area contributed by atoms with E-state index in [1.54, 1.807) is 0 Å². The second kappa shape index (κ2) is 2.89. The fourth-order valence-corrected chi connectivity index (χ4v) is 1.85. The van der Waals surface area contributed by atoms with Crippen LogP contribution in [0.25, 0.3) is 0 Å². The first kappa shape index (κ1) is 6.62. The summed E-state index contributed by atoms with van der Waals surface area (Å²) >= 11 is 0. The molecule has 10 heavy (non-hydrogen) atoms. The van der Waals surface area contributed by atoms with Crippen LogP contribution in [0, 0.1) is 0 Å². The van der Waals surface area contributed by atoms with E-state index in [0.29, 0.717) is 0 Å². The smallest absolute Gasteiger partial charge is 0.0221 e. The Balaban J connectivity index is 1.78. The molecule has 0 aromatic heterocycles. The second-order valence-corrected chi connectivity index (χ2v) is 3.39. The summed E-state index contributed by atoms with van der Waals surface area (Å²) in [5, 5.41) is 3.44. The monoisotopic (exact) mass is 140 g/mol. The molecule has 0 spiro atoms. The number of likely N-dealkylation sites (tertiary alicyclic amines) is 1. The van der Waals surface area contributed by atoms with E-state index in [4.69, 9.17) is 0 Å². The molecule has 0 aromatic carbocycles. The zero-order valence-corrected chi connectivity index (χ0v) is 6.47. The SMILES string of the molecule is C1CNC[C@@H](N2CCC2)C1. The fraction of sp³-hybridized carbons (Fsp3) is 1.00. The van der Waals surface area contributed by atoms with Gasteiger partial charge in [-0.05, 0) is 38.9 Å². The zero-order chi connectivity index (χ0) is 6.81. The molecule has 2 heteroatoms. The molecular formula is C8H16N2. The van der Waals surface area contributed by atoms with E-state index in [1.165, 1.54) is 45.4 Å². The van der Waals surface area contributed by atoms with Gasteiger partial charge in [0.2, 0.25) is 0 Å². The third-order valence-electron chi connectivity index (χ3n) is 2.68. The molecule has 0 saturated carbocycles. The molecule has 1 N–H and O–H groups in total. The molecule has 0 bridgehead atoms. The predicted molar refractivity (Wildman–Crippen MR) is 42.1 cm³/mol. The van der Waals surface area contributed by atoms with E-state index in [0.717, 1.165) is 6.04 Å². The topological polar surface area (TPSA) is 15.3 Å². The minimum absolute atomic E-state index is 0.877. The number of hydrogen-bond donors (Lipinski definition) is 1. The molecule has 0 radical (unpaired) electrons. The molecule has 2 aliphatic rings. The van der Waals surface area contributed by atoms with Gasteiger partial charge < -0.3 is 5.32 Å². The predicted octanol–water partition coefficient (Wildman–Crippen LogP) is 0.444. The second-order valence-electron chi connectivity index (χ2n) is 3.39. The molecule has 0 amide bonds. The highest BCUT2D eigenvalue weighted by Crippen LogP contribution is 2.16. The lowest BCUT2D eigenvalue weighted by molar-refractivity contribution is 0.0991. The Labute approximate surface area is 62.6 Å². The van der Waals surface area contributed by atoms with Crippen LogP contribution in [0.4, 0.5) is 0 Å². The molecule has 2 rings (SSSR count). The lowest BCUT2D eigenvalue weighted by Crippen LogP contribution is -2.51. The first-order valence-corrected chi connectivity index (χ1v) is 4.41. The maximum atomic E-state index is 3.44. The summed E-state index contributed by atoms with van der Waals surface area (Å²) in [7, 11) is 0. The van der Waals surface area contributed by atoms with Crippen LogP contribution in [-0.4, -0.2) is 37.1 Å². The van der Waals surface area contributed by atoms with Crippen molar-refractivity contribution in [2.45, 2.75) is 25.3 Å². The van der Waals surface area contributed by atoms with Gasteiger partial charge >= 0.3 is 0 Å². The average Bonchev–Trinajstić information content (AvgIpc) is 1.86. The van der Waals surface area contributed by atoms with Crippen molar-refractivity contribution in [1.29, 1.82) is 0 Å². The van der Waals surface area contributed by atoms with Gasteiger partial charge in [0.05, 0.1) is 0 Å². The van der Waals surface area contributed by atoms with Gasteiger partial charge in [0.25, 0.3) is 0 Å². The summed E-state index contributed by atoms with van der Waals surface area (Å²) in [6, 6.07) is 0.877. The van der Waals surface area contributed by atoms with E-state index in [-0.39, 0.29) is 0 Å². The van der Waals surface area contributed by atoms with Crippen LogP contribution in [0.2, 0.25) is 0 Å². The Hall–Kier alpha value is -0.0800. The summed E-state index contributed by atoms with van der Waals surface area (Å²) in [6.07, 6.45) is 4.23. The Bertz CT molecular complexity index is 104. The zero-order valence-electron chi connectivity index (χ0n) is 6.47. The average molecular weight is 140 g/mol. The number of hydrogen-bond acceptors (Lipinski definition) is 2. The van der Waals surface area contributed by atoms with Gasteiger partial charge in [0.1, 0.15) is 0 Å². The Morgan fingerprint density at radius 1 is 1.20 bits per heavy atom. The molecule has 1 atom stereocenters. The molecular weight excluding hydrogens is 124 g/mol. The summed E-state index contributed by atoms with van der Waals surface area (Å²) in [6.45, 7) is 5.18. The lowest BCUT2D eigenvalue weighted by atomic mass is 10.0. The van der Waals surface area contributed by atoms with Crippen LogP contribution in [0.3, 0.4) is 0 Å². The van der Waals surface area contributed by atoms with Gasteiger partial charge in [-0.1, -0.05) is 0 Å². The van der Waals surface area contributed by atoms with Crippen molar-refractivity contribution in [3.05, 3.63) is 0 Å². The highest BCUT2D eigenvalue weighted by atomic mass is 15.2. The van der Waals surface area contributed by atoms with E-state index < -0.39 is 0 Å². The van der Waals surface area contributed by atoms with Gasteiger partial charge in [-0.2, -0.15) is 0 Å². The first-order chi connectivity index (χ1) is 4.97. The maximum Gasteiger partial charge on any atom is 0.0221 e. The molecule has 0 aromatic rings. The number of rotatable bonds is 1. The summed E-state index contributed by atoms with van der Waals surface area (Å²) in [5.41, 5.74) is 0. The normalized spacial score (nSPS) is 35.4. The fourth-order valence-electron chi connectivity index (χ4n) is 1.85. The molecule has 2 heterocycles. The van der Waals surface area contributed by atoms with Crippen molar-refractivity contribution in [1.82, 2.24) is 10.2 Å².